The molecule has 0 fully saturated rings. The Morgan fingerprint density at radius 1 is 1.40 bits per heavy atom. The van der Waals surface area contributed by atoms with Crippen LogP contribution < -0.4 is 5.73 Å². The molecule has 0 saturated carbocycles. The predicted octanol–water partition coefficient (Wildman–Crippen LogP) is 2.61. The summed E-state index contributed by atoms with van der Waals surface area (Å²) in [7, 11) is 0. The van der Waals surface area contributed by atoms with Crippen molar-refractivity contribution in [2.45, 2.75) is 25.8 Å². The average Bonchev–Trinajstić information content (AvgIpc) is 2.29. The maximum absolute atomic E-state index is 11.7. The van der Waals surface area contributed by atoms with Crippen LogP contribution >= 0.6 is 0 Å². The number of nitrogens with two attached hydrogens (primary N) is 1. The molecule has 0 unspecified atom stereocenters. The summed E-state index contributed by atoms with van der Waals surface area (Å²) in [4.78, 5) is 11.7. The molecule has 2 nitrogen and oxygen atoms in total. The van der Waals surface area contributed by atoms with Gasteiger partial charge >= 0.3 is 0 Å². The van der Waals surface area contributed by atoms with Gasteiger partial charge in [-0.1, -0.05) is 49.4 Å². The van der Waals surface area contributed by atoms with Crippen molar-refractivity contribution >= 4 is 5.78 Å². The van der Waals surface area contributed by atoms with Crippen LogP contribution in [-0.4, -0.2) is 5.78 Å². The van der Waals surface area contributed by atoms with Crippen LogP contribution in [0, 0.1) is 0 Å². The topological polar surface area (TPSA) is 43.1 Å². The highest BCUT2D eigenvalue weighted by atomic mass is 16.1. The van der Waals surface area contributed by atoms with Gasteiger partial charge in [0.1, 0.15) is 0 Å². The fourth-order valence-electron chi connectivity index (χ4n) is 1.33. The summed E-state index contributed by atoms with van der Waals surface area (Å²) in [5.74, 6) is 0.0352. The van der Waals surface area contributed by atoms with E-state index < -0.39 is 6.04 Å². The van der Waals surface area contributed by atoms with Gasteiger partial charge in [-0.3, -0.25) is 4.79 Å². The van der Waals surface area contributed by atoms with E-state index in [9.17, 15) is 4.79 Å². The Morgan fingerprint density at radius 3 is 2.53 bits per heavy atom. The summed E-state index contributed by atoms with van der Waals surface area (Å²) in [6.07, 6.45) is 1.21. The third kappa shape index (κ3) is 3.33. The molecule has 0 radical (unpaired) electrons. The van der Waals surface area contributed by atoms with Gasteiger partial charge in [0, 0.05) is 6.42 Å². The van der Waals surface area contributed by atoms with Gasteiger partial charge in [0.25, 0.3) is 0 Å². The summed E-state index contributed by atoms with van der Waals surface area (Å²) in [6.45, 7) is 5.80. The Balaban J connectivity index is 2.65. The predicted molar refractivity (Wildman–Crippen MR) is 62.4 cm³/mol. The van der Waals surface area contributed by atoms with E-state index in [1.54, 1.807) is 0 Å². The van der Waals surface area contributed by atoms with Crippen LogP contribution in [0.4, 0.5) is 0 Å². The Bertz CT molecular complexity index is 343. The van der Waals surface area contributed by atoms with Gasteiger partial charge in [0.2, 0.25) is 0 Å². The molecule has 80 valence electrons. The standard InChI is InChI=1S/C13H17NO/c1-3-10(2)9-12(15)13(14)11-7-5-4-6-8-11/h4-8,13H,2-3,9,14H2,1H3/t13-/m1/s1. The van der Waals surface area contributed by atoms with Crippen LogP contribution in [0.3, 0.4) is 0 Å². The van der Waals surface area contributed by atoms with Crippen molar-refractivity contribution in [1.29, 1.82) is 0 Å². The molecule has 0 aliphatic rings. The minimum atomic E-state index is -0.519. The molecule has 1 aromatic carbocycles. The third-order valence-corrected chi connectivity index (χ3v) is 2.43. The molecule has 0 amide bonds. The Morgan fingerprint density at radius 2 is 2.00 bits per heavy atom. The highest BCUT2D eigenvalue weighted by molar-refractivity contribution is 5.86. The van der Waals surface area contributed by atoms with Crippen molar-refractivity contribution in [3.8, 4) is 0 Å². The molecule has 0 bridgehead atoms. The Kier molecular flexibility index (Phi) is 4.25. The molecule has 15 heavy (non-hydrogen) atoms. The number of hydrogen-bond donors (Lipinski definition) is 1. The second kappa shape index (κ2) is 5.47. The van der Waals surface area contributed by atoms with Crippen LogP contribution in [0.25, 0.3) is 0 Å². The molecule has 2 N–H and O–H groups in total. The first-order valence-corrected chi connectivity index (χ1v) is 5.15. The molecule has 0 spiro atoms. The van der Waals surface area contributed by atoms with Gasteiger partial charge < -0.3 is 5.73 Å². The van der Waals surface area contributed by atoms with Gasteiger partial charge in [-0.25, -0.2) is 0 Å². The molecule has 0 aromatic heterocycles. The van der Waals surface area contributed by atoms with Gasteiger partial charge in [-0.15, -0.1) is 0 Å². The molecular formula is C13H17NO. The maximum Gasteiger partial charge on any atom is 0.158 e. The highest BCUT2D eigenvalue weighted by Crippen LogP contribution is 2.15. The normalized spacial score (nSPS) is 12.1. The van der Waals surface area contributed by atoms with E-state index in [4.69, 9.17) is 5.73 Å². The van der Waals surface area contributed by atoms with Crippen molar-refractivity contribution in [3.63, 3.8) is 0 Å². The lowest BCUT2D eigenvalue weighted by atomic mass is 9.98. The first-order valence-electron chi connectivity index (χ1n) is 5.15. The van der Waals surface area contributed by atoms with Crippen LogP contribution in [-0.2, 0) is 4.79 Å². The van der Waals surface area contributed by atoms with E-state index in [-0.39, 0.29) is 5.78 Å². The molecule has 0 saturated heterocycles. The Hall–Kier alpha value is -1.41. The lowest BCUT2D eigenvalue weighted by Crippen LogP contribution is -2.21. The maximum atomic E-state index is 11.7. The largest absolute Gasteiger partial charge is 0.318 e. The number of allylic oxidation sites excluding steroid dienone is 1. The average molecular weight is 203 g/mol. The second-order valence-corrected chi connectivity index (χ2v) is 3.63. The molecule has 0 heterocycles. The summed E-state index contributed by atoms with van der Waals surface area (Å²) >= 11 is 0. The van der Waals surface area contributed by atoms with Crippen molar-refractivity contribution in [2.24, 2.45) is 5.73 Å². The SMILES string of the molecule is C=C(CC)CC(=O)[C@H](N)c1ccccc1. The fourth-order valence-corrected chi connectivity index (χ4v) is 1.33. The van der Waals surface area contributed by atoms with E-state index in [1.165, 1.54) is 0 Å². The summed E-state index contributed by atoms with van der Waals surface area (Å²) in [6, 6.07) is 8.91. The summed E-state index contributed by atoms with van der Waals surface area (Å²) in [5, 5.41) is 0. The second-order valence-electron chi connectivity index (χ2n) is 3.63. The van der Waals surface area contributed by atoms with Crippen LogP contribution in [0.1, 0.15) is 31.4 Å². The lowest BCUT2D eigenvalue weighted by Gasteiger charge is -2.11. The molecule has 1 atom stereocenters. The minimum absolute atomic E-state index is 0.0352. The van der Waals surface area contributed by atoms with Gasteiger partial charge in [-0.2, -0.15) is 0 Å². The minimum Gasteiger partial charge on any atom is -0.318 e. The zero-order chi connectivity index (χ0) is 11.3. The van der Waals surface area contributed by atoms with Crippen LogP contribution in [0.5, 0.6) is 0 Å². The monoisotopic (exact) mass is 203 g/mol. The van der Waals surface area contributed by atoms with Crippen molar-refractivity contribution in [2.75, 3.05) is 0 Å². The molecule has 1 rings (SSSR count). The summed E-state index contributed by atoms with van der Waals surface area (Å²) < 4.78 is 0. The van der Waals surface area contributed by atoms with Crippen molar-refractivity contribution in [3.05, 3.63) is 48.0 Å². The number of carbonyl (C=O) groups excluding carboxylic acids is 1. The number of carbonyl (C=O) groups is 1. The number of Topliss-reactive ketones (excluding diaryl/α,β-unsaturated/α-hetero) is 1. The zero-order valence-corrected chi connectivity index (χ0v) is 9.07. The van der Waals surface area contributed by atoms with Crippen molar-refractivity contribution < 1.29 is 4.79 Å². The molecule has 2 heteroatoms. The smallest absolute Gasteiger partial charge is 0.158 e. The van der Waals surface area contributed by atoms with E-state index in [2.05, 4.69) is 6.58 Å². The van der Waals surface area contributed by atoms with Crippen molar-refractivity contribution in [1.82, 2.24) is 0 Å². The lowest BCUT2D eigenvalue weighted by molar-refractivity contribution is -0.119. The number of hydrogen-bond acceptors (Lipinski definition) is 2. The summed E-state index contributed by atoms with van der Waals surface area (Å²) in [5.41, 5.74) is 7.65. The number of ketones is 1. The first kappa shape index (κ1) is 11.7. The van der Waals surface area contributed by atoms with Gasteiger partial charge in [-0.05, 0) is 12.0 Å². The van der Waals surface area contributed by atoms with E-state index in [0.29, 0.717) is 6.42 Å². The van der Waals surface area contributed by atoms with Crippen LogP contribution in [0.2, 0.25) is 0 Å². The highest BCUT2D eigenvalue weighted by Gasteiger charge is 2.15. The fraction of sp³-hybridized carbons (Fsp3) is 0.308. The molecular weight excluding hydrogens is 186 g/mol. The van der Waals surface area contributed by atoms with Gasteiger partial charge in [0.05, 0.1) is 6.04 Å². The number of benzene rings is 1. The molecule has 1 aromatic rings. The quantitative estimate of drug-likeness (QED) is 0.747. The van der Waals surface area contributed by atoms with E-state index >= 15 is 0 Å². The van der Waals surface area contributed by atoms with Crippen LogP contribution in [0.15, 0.2) is 42.5 Å². The van der Waals surface area contributed by atoms with E-state index in [0.717, 1.165) is 17.6 Å². The zero-order valence-electron chi connectivity index (χ0n) is 9.07. The Labute approximate surface area is 90.8 Å². The third-order valence-electron chi connectivity index (χ3n) is 2.43. The molecule has 0 aliphatic carbocycles. The van der Waals surface area contributed by atoms with E-state index in [1.807, 2.05) is 37.3 Å². The first-order chi connectivity index (χ1) is 7.15. The van der Waals surface area contributed by atoms with Gasteiger partial charge in [0.15, 0.2) is 5.78 Å². The molecule has 0 aliphatic heterocycles. The number of rotatable bonds is 5.